The number of benzene rings is 1. The van der Waals surface area contributed by atoms with Crippen molar-refractivity contribution in [3.05, 3.63) is 47.7 Å². The standard InChI is InChI=1S/C14H15N5/c1-9-12(11-4-2-3-10(7-11)8-15)5-6-13-17-14(16)18-19(9)13/h2-7H,8,15H2,1H3,(H2,16,18). The van der Waals surface area contributed by atoms with E-state index in [1.165, 1.54) is 0 Å². The number of anilines is 1. The minimum Gasteiger partial charge on any atom is -0.366 e. The van der Waals surface area contributed by atoms with Crippen LogP contribution in [0, 0.1) is 6.92 Å². The molecule has 5 heteroatoms. The molecule has 2 aromatic heterocycles. The summed E-state index contributed by atoms with van der Waals surface area (Å²) in [5.74, 6) is 0.288. The van der Waals surface area contributed by atoms with Crippen LogP contribution in [-0.4, -0.2) is 14.6 Å². The fourth-order valence-corrected chi connectivity index (χ4v) is 2.26. The molecule has 0 aliphatic rings. The van der Waals surface area contributed by atoms with Crippen LogP contribution in [0.3, 0.4) is 0 Å². The molecule has 3 aromatic rings. The first kappa shape index (κ1) is 11.7. The van der Waals surface area contributed by atoms with E-state index in [0.717, 1.165) is 28.0 Å². The van der Waals surface area contributed by atoms with E-state index in [9.17, 15) is 0 Å². The fraction of sp³-hybridized carbons (Fsp3) is 0.143. The quantitative estimate of drug-likeness (QED) is 0.729. The van der Waals surface area contributed by atoms with Gasteiger partial charge in [0.2, 0.25) is 5.95 Å². The number of hydrogen-bond donors (Lipinski definition) is 2. The topological polar surface area (TPSA) is 82.2 Å². The summed E-state index contributed by atoms with van der Waals surface area (Å²) in [4.78, 5) is 4.15. The van der Waals surface area contributed by atoms with E-state index in [1.807, 2.05) is 31.2 Å². The van der Waals surface area contributed by atoms with Gasteiger partial charge in [-0.3, -0.25) is 0 Å². The molecule has 2 heterocycles. The van der Waals surface area contributed by atoms with Crippen molar-refractivity contribution in [2.24, 2.45) is 5.73 Å². The Morgan fingerprint density at radius 1 is 1.21 bits per heavy atom. The van der Waals surface area contributed by atoms with Crippen molar-refractivity contribution < 1.29 is 0 Å². The van der Waals surface area contributed by atoms with E-state index in [0.29, 0.717) is 6.54 Å². The van der Waals surface area contributed by atoms with Gasteiger partial charge in [-0.25, -0.2) is 4.52 Å². The Morgan fingerprint density at radius 3 is 2.84 bits per heavy atom. The molecule has 5 nitrogen and oxygen atoms in total. The van der Waals surface area contributed by atoms with Crippen molar-refractivity contribution in [3.63, 3.8) is 0 Å². The zero-order chi connectivity index (χ0) is 13.4. The van der Waals surface area contributed by atoms with Gasteiger partial charge >= 0.3 is 0 Å². The van der Waals surface area contributed by atoms with Crippen molar-refractivity contribution in [2.75, 3.05) is 5.73 Å². The van der Waals surface area contributed by atoms with Crippen LogP contribution in [0.15, 0.2) is 36.4 Å². The van der Waals surface area contributed by atoms with Crippen molar-refractivity contribution in [3.8, 4) is 11.1 Å². The number of hydrogen-bond acceptors (Lipinski definition) is 4. The van der Waals surface area contributed by atoms with Crippen molar-refractivity contribution in [1.82, 2.24) is 14.6 Å². The molecule has 3 rings (SSSR count). The van der Waals surface area contributed by atoms with Gasteiger partial charge in [0.1, 0.15) is 0 Å². The summed E-state index contributed by atoms with van der Waals surface area (Å²) in [5.41, 5.74) is 16.4. The molecule has 0 spiro atoms. The van der Waals surface area contributed by atoms with Crippen molar-refractivity contribution in [1.29, 1.82) is 0 Å². The Morgan fingerprint density at radius 2 is 2.05 bits per heavy atom. The fourth-order valence-electron chi connectivity index (χ4n) is 2.26. The summed E-state index contributed by atoms with van der Waals surface area (Å²) < 4.78 is 1.76. The first-order chi connectivity index (χ1) is 9.19. The predicted octanol–water partition coefficient (Wildman–Crippen LogP) is 1.75. The summed E-state index contributed by atoms with van der Waals surface area (Å²) >= 11 is 0. The maximum Gasteiger partial charge on any atom is 0.240 e. The summed E-state index contributed by atoms with van der Waals surface area (Å²) in [5, 5.41) is 4.20. The highest BCUT2D eigenvalue weighted by Gasteiger charge is 2.09. The molecule has 0 radical (unpaired) electrons. The lowest BCUT2D eigenvalue weighted by molar-refractivity contribution is 0.922. The number of nitrogens with two attached hydrogens (primary N) is 2. The third-order valence-corrected chi connectivity index (χ3v) is 3.23. The number of pyridine rings is 1. The Labute approximate surface area is 110 Å². The number of aryl methyl sites for hydroxylation is 1. The van der Waals surface area contributed by atoms with Crippen LogP contribution < -0.4 is 11.5 Å². The van der Waals surface area contributed by atoms with Crippen molar-refractivity contribution in [2.45, 2.75) is 13.5 Å². The minimum absolute atomic E-state index is 0.288. The van der Waals surface area contributed by atoms with Crippen LogP contribution >= 0.6 is 0 Å². The largest absolute Gasteiger partial charge is 0.366 e. The number of rotatable bonds is 2. The van der Waals surface area contributed by atoms with Crippen LogP contribution in [0.1, 0.15) is 11.3 Å². The third kappa shape index (κ3) is 1.94. The van der Waals surface area contributed by atoms with Gasteiger partial charge in [-0.15, -0.1) is 5.10 Å². The molecule has 0 saturated heterocycles. The minimum atomic E-state index is 0.288. The van der Waals surface area contributed by atoms with E-state index in [4.69, 9.17) is 11.5 Å². The summed E-state index contributed by atoms with van der Waals surface area (Å²) in [6.45, 7) is 2.54. The maximum absolute atomic E-state index is 5.68. The van der Waals surface area contributed by atoms with Crippen LogP contribution in [0.25, 0.3) is 16.8 Å². The van der Waals surface area contributed by atoms with E-state index < -0.39 is 0 Å². The highest BCUT2D eigenvalue weighted by molar-refractivity contribution is 5.68. The molecule has 0 aliphatic carbocycles. The zero-order valence-corrected chi connectivity index (χ0v) is 10.7. The van der Waals surface area contributed by atoms with Gasteiger partial charge in [0.25, 0.3) is 0 Å². The van der Waals surface area contributed by atoms with E-state index in [2.05, 4.69) is 22.2 Å². The molecular formula is C14H15N5. The van der Waals surface area contributed by atoms with Crippen LogP contribution in [0.5, 0.6) is 0 Å². The molecule has 0 aliphatic heterocycles. The average Bonchev–Trinajstić information content (AvgIpc) is 2.81. The average molecular weight is 253 g/mol. The zero-order valence-electron chi connectivity index (χ0n) is 10.7. The SMILES string of the molecule is Cc1c(-c2cccc(CN)c2)ccc2nc(N)nn12. The predicted molar refractivity (Wildman–Crippen MR) is 75.5 cm³/mol. The highest BCUT2D eigenvalue weighted by Crippen LogP contribution is 2.25. The van der Waals surface area contributed by atoms with Crippen LogP contribution in [0.4, 0.5) is 5.95 Å². The molecule has 0 bridgehead atoms. The summed E-state index contributed by atoms with van der Waals surface area (Å²) in [6, 6.07) is 12.1. The van der Waals surface area contributed by atoms with Gasteiger partial charge in [0.05, 0.1) is 0 Å². The lowest BCUT2D eigenvalue weighted by atomic mass is 10.0. The molecule has 0 unspecified atom stereocenters. The molecule has 0 fully saturated rings. The van der Waals surface area contributed by atoms with E-state index in [1.54, 1.807) is 4.52 Å². The molecule has 0 amide bonds. The summed E-state index contributed by atoms with van der Waals surface area (Å²) in [7, 11) is 0. The number of nitrogens with zero attached hydrogens (tertiary/aromatic N) is 3. The van der Waals surface area contributed by atoms with E-state index >= 15 is 0 Å². The first-order valence-electron chi connectivity index (χ1n) is 6.10. The molecular weight excluding hydrogens is 238 g/mol. The molecule has 0 atom stereocenters. The first-order valence-corrected chi connectivity index (χ1v) is 6.10. The van der Waals surface area contributed by atoms with Crippen molar-refractivity contribution >= 4 is 11.6 Å². The number of nitrogen functional groups attached to an aromatic ring is 1. The molecule has 4 N–H and O–H groups in total. The van der Waals surface area contributed by atoms with Gasteiger partial charge in [-0.05, 0) is 36.2 Å². The monoisotopic (exact) mass is 253 g/mol. The molecule has 96 valence electrons. The Balaban J connectivity index is 2.21. The smallest absolute Gasteiger partial charge is 0.240 e. The third-order valence-electron chi connectivity index (χ3n) is 3.23. The lowest BCUT2D eigenvalue weighted by Gasteiger charge is -2.08. The number of aromatic nitrogens is 3. The van der Waals surface area contributed by atoms with Gasteiger partial charge < -0.3 is 11.5 Å². The Kier molecular flexibility index (Phi) is 2.68. The van der Waals surface area contributed by atoms with Gasteiger partial charge in [0, 0.05) is 17.8 Å². The maximum atomic E-state index is 5.68. The molecule has 19 heavy (non-hydrogen) atoms. The second kappa shape index (κ2) is 4.37. The second-order valence-electron chi connectivity index (χ2n) is 4.48. The lowest BCUT2D eigenvalue weighted by Crippen LogP contribution is -1.99. The highest BCUT2D eigenvalue weighted by atomic mass is 15.3. The van der Waals surface area contributed by atoms with Gasteiger partial charge in [-0.1, -0.05) is 18.2 Å². The van der Waals surface area contributed by atoms with Crippen LogP contribution in [-0.2, 0) is 6.54 Å². The molecule has 1 aromatic carbocycles. The van der Waals surface area contributed by atoms with Gasteiger partial charge in [-0.2, -0.15) is 4.98 Å². The second-order valence-corrected chi connectivity index (χ2v) is 4.48. The van der Waals surface area contributed by atoms with E-state index in [-0.39, 0.29) is 5.95 Å². The Hall–Kier alpha value is -2.40. The summed E-state index contributed by atoms with van der Waals surface area (Å²) in [6.07, 6.45) is 0. The van der Waals surface area contributed by atoms with Gasteiger partial charge in [0.15, 0.2) is 5.65 Å². The Bertz CT molecular complexity index is 745. The van der Waals surface area contributed by atoms with Crippen LogP contribution in [0.2, 0.25) is 0 Å². The number of fused-ring (bicyclic) bond motifs is 1. The molecule has 0 saturated carbocycles. The normalized spacial score (nSPS) is 11.1.